The van der Waals surface area contributed by atoms with Crippen LogP contribution in [0.15, 0.2) is 54.6 Å². The van der Waals surface area contributed by atoms with Crippen LogP contribution in [-0.2, 0) is 11.2 Å². The van der Waals surface area contributed by atoms with Crippen molar-refractivity contribution in [3.8, 4) is 11.3 Å². The van der Waals surface area contributed by atoms with Crippen LogP contribution in [0.4, 0.5) is 10.1 Å². The summed E-state index contributed by atoms with van der Waals surface area (Å²) in [5, 5.41) is 4.77. The second kappa shape index (κ2) is 10.2. The number of benzene rings is 2. The van der Waals surface area contributed by atoms with Crippen LogP contribution in [0.3, 0.4) is 0 Å². The van der Waals surface area contributed by atoms with E-state index in [9.17, 15) is 9.59 Å². The minimum atomic E-state index is -0.372. The summed E-state index contributed by atoms with van der Waals surface area (Å²) >= 11 is 0. The summed E-state index contributed by atoms with van der Waals surface area (Å²) in [5.41, 5.74) is 6.02. The Morgan fingerprint density at radius 1 is 1.00 bits per heavy atom. The van der Waals surface area contributed by atoms with E-state index in [-0.39, 0.29) is 29.6 Å². The van der Waals surface area contributed by atoms with Crippen LogP contribution in [0.5, 0.6) is 0 Å². The molecule has 8 nitrogen and oxygen atoms in total. The van der Waals surface area contributed by atoms with Gasteiger partial charge in [0.15, 0.2) is 5.65 Å². The van der Waals surface area contributed by atoms with Crippen molar-refractivity contribution in [2.24, 2.45) is 5.92 Å². The average Bonchev–Trinajstić information content (AvgIpc) is 3.55. The van der Waals surface area contributed by atoms with E-state index in [0.29, 0.717) is 48.2 Å². The Bertz CT molecular complexity index is 1710. The summed E-state index contributed by atoms with van der Waals surface area (Å²) in [6.45, 7) is 4.01. The lowest BCUT2D eigenvalue weighted by molar-refractivity contribution is -0.132. The summed E-state index contributed by atoms with van der Waals surface area (Å²) in [6.07, 6.45) is 3.64. The van der Waals surface area contributed by atoms with E-state index in [4.69, 9.17) is 10.1 Å². The van der Waals surface area contributed by atoms with Crippen LogP contribution in [0.25, 0.3) is 16.9 Å². The van der Waals surface area contributed by atoms with Gasteiger partial charge in [-0.3, -0.25) is 9.59 Å². The maximum absolute atomic E-state index is 15.6. The molecule has 0 bridgehead atoms. The first-order chi connectivity index (χ1) is 20.3. The van der Waals surface area contributed by atoms with E-state index in [1.165, 1.54) is 17.2 Å². The van der Waals surface area contributed by atoms with Gasteiger partial charge in [-0.2, -0.15) is 5.10 Å². The topological polar surface area (TPSA) is 74.1 Å². The molecule has 1 saturated carbocycles. The number of carbonyl (C=O) groups excluding carboxylic acids is 2. The van der Waals surface area contributed by atoms with Crippen molar-refractivity contribution in [2.45, 2.75) is 44.6 Å². The highest BCUT2D eigenvalue weighted by molar-refractivity contribution is 5.93. The number of amides is 2. The predicted molar refractivity (Wildman–Crippen MR) is 159 cm³/mol. The zero-order valence-electron chi connectivity index (χ0n) is 24.3. The molecule has 2 aromatic carbocycles. The third-order valence-corrected chi connectivity index (χ3v) is 9.10. The smallest absolute Gasteiger partial charge is 0.273 e. The molecule has 0 radical (unpaired) electrons. The summed E-state index contributed by atoms with van der Waals surface area (Å²) in [4.78, 5) is 36.5. The van der Waals surface area contributed by atoms with Gasteiger partial charge in [-0.1, -0.05) is 24.3 Å². The van der Waals surface area contributed by atoms with Gasteiger partial charge in [0.25, 0.3) is 5.91 Å². The molecule has 4 aromatic rings. The first-order valence-electron chi connectivity index (χ1n) is 14.8. The standard InChI is InChI=1S/C33H35FN6O2/c1-20-25-7-5-4-6-21(25)13-15-39(20)33(42)29-17-30(22-8-9-22)40-31(35-29)18-28(36-40)26-11-10-24(16-27(26)34)38-14-12-23(19-38)32(41)37(2)3/h4-7,10-11,16-18,20,22-23H,8-9,12-15,19H2,1-3H3/t20-,23?/m1/s1. The lowest BCUT2D eigenvalue weighted by Gasteiger charge is -2.35. The van der Waals surface area contributed by atoms with Crippen LogP contribution in [0.1, 0.15) is 65.5 Å². The van der Waals surface area contributed by atoms with Crippen molar-refractivity contribution in [3.63, 3.8) is 0 Å². The third kappa shape index (κ3) is 4.61. The molecule has 7 rings (SSSR count). The molecule has 4 heterocycles. The van der Waals surface area contributed by atoms with Gasteiger partial charge in [0.2, 0.25) is 5.91 Å². The quantitative estimate of drug-likeness (QED) is 0.337. The van der Waals surface area contributed by atoms with Gasteiger partial charge < -0.3 is 14.7 Å². The van der Waals surface area contributed by atoms with Crippen molar-refractivity contribution in [1.82, 2.24) is 24.4 Å². The number of rotatable bonds is 5. The summed E-state index contributed by atoms with van der Waals surface area (Å²) in [6, 6.07) is 17.1. The van der Waals surface area contributed by atoms with Gasteiger partial charge in [-0.05, 0) is 68.0 Å². The first-order valence-corrected chi connectivity index (χ1v) is 14.8. The van der Waals surface area contributed by atoms with Crippen molar-refractivity contribution in [3.05, 3.63) is 82.9 Å². The predicted octanol–water partition coefficient (Wildman–Crippen LogP) is 5.09. The highest BCUT2D eigenvalue weighted by atomic mass is 19.1. The number of carbonyl (C=O) groups is 2. The van der Waals surface area contributed by atoms with Gasteiger partial charge in [-0.25, -0.2) is 13.9 Å². The molecular weight excluding hydrogens is 531 g/mol. The van der Waals surface area contributed by atoms with Crippen molar-refractivity contribution < 1.29 is 14.0 Å². The molecule has 2 atom stereocenters. The Labute approximate surface area is 244 Å². The fourth-order valence-corrected chi connectivity index (χ4v) is 6.58. The summed E-state index contributed by atoms with van der Waals surface area (Å²) < 4.78 is 17.3. The van der Waals surface area contributed by atoms with Crippen molar-refractivity contribution >= 4 is 23.1 Å². The Balaban J connectivity index is 1.18. The second-order valence-corrected chi connectivity index (χ2v) is 12.1. The molecule has 3 aliphatic rings. The van der Waals surface area contributed by atoms with Gasteiger partial charge in [0, 0.05) is 62.7 Å². The van der Waals surface area contributed by atoms with E-state index in [0.717, 1.165) is 37.1 Å². The maximum atomic E-state index is 15.6. The number of halogens is 1. The first kappa shape index (κ1) is 26.6. The normalized spacial score (nSPS) is 20.2. The fraction of sp³-hybridized carbons (Fsp3) is 0.394. The highest BCUT2D eigenvalue weighted by Gasteiger charge is 2.33. The zero-order chi connectivity index (χ0) is 29.1. The SMILES string of the molecule is C[C@@H]1c2ccccc2CCN1C(=O)c1cc(C2CC2)n2nc(-c3ccc(N4CCC(C(=O)N(C)C)C4)cc3F)cc2n1. The van der Waals surface area contributed by atoms with Gasteiger partial charge in [0.05, 0.1) is 17.7 Å². The average molecular weight is 567 g/mol. The Morgan fingerprint density at radius 2 is 1.81 bits per heavy atom. The molecule has 2 fully saturated rings. The molecule has 2 aromatic heterocycles. The minimum Gasteiger partial charge on any atom is -0.371 e. The monoisotopic (exact) mass is 566 g/mol. The summed E-state index contributed by atoms with van der Waals surface area (Å²) in [7, 11) is 3.54. The van der Waals surface area contributed by atoms with E-state index in [1.807, 2.05) is 29.2 Å². The third-order valence-electron chi connectivity index (χ3n) is 9.10. The van der Waals surface area contributed by atoms with Crippen LogP contribution in [0, 0.1) is 11.7 Å². The lowest BCUT2D eigenvalue weighted by Crippen LogP contribution is -2.39. The van der Waals surface area contributed by atoms with Crippen LogP contribution >= 0.6 is 0 Å². The highest BCUT2D eigenvalue weighted by Crippen LogP contribution is 2.41. The number of anilines is 1. The van der Waals surface area contributed by atoms with Crippen molar-refractivity contribution in [2.75, 3.05) is 38.6 Å². The molecule has 0 N–H and O–H groups in total. The molecule has 1 aliphatic carbocycles. The number of hydrogen-bond donors (Lipinski definition) is 0. The molecule has 1 saturated heterocycles. The molecule has 9 heteroatoms. The molecule has 2 aliphatic heterocycles. The van der Waals surface area contributed by atoms with E-state index >= 15 is 4.39 Å². The summed E-state index contributed by atoms with van der Waals surface area (Å²) in [5.74, 6) is -0.113. The molecular formula is C33H35FN6O2. The van der Waals surface area contributed by atoms with Crippen LogP contribution < -0.4 is 4.90 Å². The number of hydrogen-bond acceptors (Lipinski definition) is 5. The van der Waals surface area contributed by atoms with Gasteiger partial charge in [0.1, 0.15) is 11.5 Å². The van der Waals surface area contributed by atoms with Crippen LogP contribution in [0.2, 0.25) is 0 Å². The lowest BCUT2D eigenvalue weighted by atomic mass is 9.93. The molecule has 0 spiro atoms. The zero-order valence-corrected chi connectivity index (χ0v) is 24.3. The van der Waals surface area contributed by atoms with Gasteiger partial charge >= 0.3 is 0 Å². The van der Waals surface area contributed by atoms with Gasteiger partial charge in [-0.15, -0.1) is 0 Å². The van der Waals surface area contributed by atoms with Crippen LogP contribution in [-0.4, -0.2) is 69.9 Å². The molecule has 1 unspecified atom stereocenters. The second-order valence-electron chi connectivity index (χ2n) is 12.1. The Morgan fingerprint density at radius 3 is 2.57 bits per heavy atom. The maximum Gasteiger partial charge on any atom is 0.273 e. The van der Waals surface area contributed by atoms with E-state index in [1.54, 1.807) is 35.6 Å². The number of fused-ring (bicyclic) bond motifs is 2. The molecule has 216 valence electrons. The Kier molecular flexibility index (Phi) is 6.48. The molecule has 2 amide bonds. The fourth-order valence-electron chi connectivity index (χ4n) is 6.58. The van der Waals surface area contributed by atoms with E-state index in [2.05, 4.69) is 24.0 Å². The number of nitrogens with zero attached hydrogens (tertiary/aromatic N) is 6. The Hall–Kier alpha value is -4.27. The van der Waals surface area contributed by atoms with Crippen molar-refractivity contribution in [1.29, 1.82) is 0 Å². The minimum absolute atomic E-state index is 0.0372. The largest absolute Gasteiger partial charge is 0.371 e. The van der Waals surface area contributed by atoms with E-state index < -0.39 is 0 Å². The number of aromatic nitrogens is 3. The molecule has 42 heavy (non-hydrogen) atoms.